The molecule has 8 nitrogen and oxygen atoms in total. The zero-order chi connectivity index (χ0) is 21.0. The lowest BCUT2D eigenvalue weighted by molar-refractivity contribution is -0.130. The third-order valence-corrected chi connectivity index (χ3v) is 6.10. The van der Waals surface area contributed by atoms with Gasteiger partial charge in [-0.1, -0.05) is 17.7 Å². The predicted molar refractivity (Wildman–Crippen MR) is 109 cm³/mol. The van der Waals surface area contributed by atoms with E-state index in [1.165, 1.54) is 19.1 Å². The summed E-state index contributed by atoms with van der Waals surface area (Å²) in [4.78, 5) is 16.3. The second-order valence-corrected chi connectivity index (χ2v) is 8.98. The molecule has 156 valence electrons. The van der Waals surface area contributed by atoms with Crippen LogP contribution in [-0.2, 0) is 21.2 Å². The minimum absolute atomic E-state index is 0.0402. The molecule has 1 saturated heterocycles. The van der Waals surface area contributed by atoms with Crippen LogP contribution >= 0.6 is 11.6 Å². The first-order valence-electron chi connectivity index (χ1n) is 9.08. The first-order chi connectivity index (χ1) is 13.8. The molecule has 3 rings (SSSR count). The van der Waals surface area contributed by atoms with Crippen molar-refractivity contribution >= 4 is 39.0 Å². The van der Waals surface area contributed by atoms with Gasteiger partial charge >= 0.3 is 0 Å². The van der Waals surface area contributed by atoms with E-state index in [4.69, 9.17) is 11.6 Å². The Kier molecular flexibility index (Phi) is 6.53. The number of rotatable bonds is 6. The van der Waals surface area contributed by atoms with E-state index in [2.05, 4.69) is 14.9 Å². The molecule has 1 aliphatic rings. The summed E-state index contributed by atoms with van der Waals surface area (Å²) in [6.45, 7) is 3.70. The Morgan fingerprint density at radius 2 is 1.90 bits per heavy atom. The topological polar surface area (TPSA) is 95.5 Å². The molecule has 1 N–H and O–H groups in total. The van der Waals surface area contributed by atoms with Gasteiger partial charge in [-0.25, -0.2) is 12.8 Å². The molecule has 0 saturated carbocycles. The molecule has 1 fully saturated rings. The van der Waals surface area contributed by atoms with Crippen molar-refractivity contribution in [3.05, 3.63) is 46.9 Å². The van der Waals surface area contributed by atoms with Gasteiger partial charge in [-0.2, -0.15) is 0 Å². The first-order valence-corrected chi connectivity index (χ1v) is 11.1. The van der Waals surface area contributed by atoms with E-state index < -0.39 is 15.8 Å². The molecule has 1 aliphatic heterocycles. The van der Waals surface area contributed by atoms with Crippen molar-refractivity contribution in [1.82, 2.24) is 15.1 Å². The number of halogens is 2. The van der Waals surface area contributed by atoms with Crippen molar-refractivity contribution in [1.29, 1.82) is 0 Å². The maximum Gasteiger partial charge on any atom is 0.232 e. The zero-order valence-electron chi connectivity index (χ0n) is 15.8. The lowest BCUT2D eigenvalue weighted by atomic mass is 10.1. The van der Waals surface area contributed by atoms with E-state index in [0.29, 0.717) is 42.7 Å². The van der Waals surface area contributed by atoms with Crippen LogP contribution in [-0.4, -0.2) is 61.4 Å². The van der Waals surface area contributed by atoms with Crippen molar-refractivity contribution < 1.29 is 17.6 Å². The molecule has 0 bridgehead atoms. The van der Waals surface area contributed by atoms with Crippen molar-refractivity contribution in [2.24, 2.45) is 0 Å². The predicted octanol–water partition coefficient (Wildman–Crippen LogP) is 1.92. The number of anilines is 2. The average molecular weight is 442 g/mol. The fourth-order valence-electron chi connectivity index (χ4n) is 2.94. The molecule has 0 aliphatic carbocycles. The summed E-state index contributed by atoms with van der Waals surface area (Å²) in [6.07, 6.45) is 0.0402. The quantitative estimate of drug-likeness (QED) is 0.735. The lowest BCUT2D eigenvalue weighted by Gasteiger charge is -2.35. The number of benzene rings is 1. The van der Waals surface area contributed by atoms with Gasteiger partial charge < -0.3 is 9.80 Å². The molecule has 11 heteroatoms. The van der Waals surface area contributed by atoms with Gasteiger partial charge in [-0.05, 0) is 36.8 Å². The zero-order valence-corrected chi connectivity index (χ0v) is 17.4. The van der Waals surface area contributed by atoms with Crippen molar-refractivity contribution in [3.8, 4) is 0 Å². The second kappa shape index (κ2) is 8.91. The number of hydrogen-bond acceptors (Lipinski definition) is 6. The molecular weight excluding hydrogens is 421 g/mol. The molecule has 0 unspecified atom stereocenters. The highest BCUT2D eigenvalue weighted by atomic mass is 35.5. The van der Waals surface area contributed by atoms with Gasteiger partial charge in [0.05, 0.1) is 17.9 Å². The Hall–Kier alpha value is -2.46. The number of amides is 1. The van der Waals surface area contributed by atoms with Crippen LogP contribution in [0.5, 0.6) is 0 Å². The molecule has 29 heavy (non-hydrogen) atoms. The number of hydrogen-bond donors (Lipinski definition) is 1. The number of aromatic nitrogens is 2. The van der Waals surface area contributed by atoms with E-state index >= 15 is 0 Å². The second-order valence-electron chi connectivity index (χ2n) is 6.58. The van der Waals surface area contributed by atoms with E-state index in [-0.39, 0.29) is 23.8 Å². The fraction of sp³-hybridized carbons (Fsp3) is 0.389. The van der Waals surface area contributed by atoms with E-state index in [9.17, 15) is 17.6 Å². The van der Waals surface area contributed by atoms with Gasteiger partial charge in [0, 0.05) is 26.2 Å². The Bertz CT molecular complexity index is 979. The number of piperazine rings is 1. The normalized spacial score (nSPS) is 14.7. The number of carbonyl (C=O) groups excluding carboxylic acids is 1. The summed E-state index contributed by atoms with van der Waals surface area (Å²) >= 11 is 5.75. The highest BCUT2D eigenvalue weighted by Gasteiger charge is 2.22. The molecule has 0 radical (unpaired) electrons. The number of sulfonamides is 1. The largest absolute Gasteiger partial charge is 0.352 e. The molecule has 0 atom stereocenters. The van der Waals surface area contributed by atoms with Crippen LogP contribution in [0.4, 0.5) is 15.9 Å². The smallest absolute Gasteiger partial charge is 0.232 e. The minimum atomic E-state index is -3.57. The van der Waals surface area contributed by atoms with E-state index in [1.807, 2.05) is 4.90 Å². The maximum atomic E-state index is 14.2. The third-order valence-electron chi connectivity index (χ3n) is 4.61. The SMILES string of the molecule is CCS(=O)(=O)Nc1ccc(CC(=O)N2CCN(c3ccc(Cl)nn3)CC2)cc1F. The first kappa shape index (κ1) is 21.3. The summed E-state index contributed by atoms with van der Waals surface area (Å²) in [5.41, 5.74) is 0.360. The van der Waals surface area contributed by atoms with E-state index in [0.717, 1.165) is 0 Å². The highest BCUT2D eigenvalue weighted by Crippen LogP contribution is 2.19. The van der Waals surface area contributed by atoms with Gasteiger partial charge in [0.1, 0.15) is 5.82 Å². The number of nitrogens with zero attached hydrogens (tertiary/aromatic N) is 4. The van der Waals surface area contributed by atoms with Gasteiger partial charge in [0.2, 0.25) is 15.9 Å². The van der Waals surface area contributed by atoms with Crippen molar-refractivity contribution in [3.63, 3.8) is 0 Å². The molecule has 2 heterocycles. The molecule has 2 aromatic rings. The molecule has 1 aromatic carbocycles. The average Bonchev–Trinajstić information content (AvgIpc) is 2.71. The number of carbonyl (C=O) groups is 1. The van der Waals surface area contributed by atoms with Crippen molar-refractivity contribution in [2.45, 2.75) is 13.3 Å². The fourth-order valence-corrected chi connectivity index (χ4v) is 3.69. The Morgan fingerprint density at radius 3 is 2.48 bits per heavy atom. The van der Waals surface area contributed by atoms with Crippen LogP contribution in [0.1, 0.15) is 12.5 Å². The molecule has 0 spiro atoms. The Labute approximate surface area is 173 Å². The maximum absolute atomic E-state index is 14.2. The van der Waals surface area contributed by atoms with Crippen LogP contribution in [0.25, 0.3) is 0 Å². The molecular formula is C18H21ClFN5O3S. The highest BCUT2D eigenvalue weighted by molar-refractivity contribution is 7.92. The third kappa shape index (κ3) is 5.54. The number of nitrogens with one attached hydrogen (secondary N) is 1. The van der Waals surface area contributed by atoms with E-state index in [1.54, 1.807) is 23.1 Å². The van der Waals surface area contributed by atoms with Crippen LogP contribution in [0, 0.1) is 5.82 Å². The summed E-state index contributed by atoms with van der Waals surface area (Å²) in [5, 5.41) is 8.18. The Morgan fingerprint density at radius 1 is 1.17 bits per heavy atom. The van der Waals surface area contributed by atoms with Gasteiger partial charge in [-0.15, -0.1) is 10.2 Å². The van der Waals surface area contributed by atoms with Crippen LogP contribution in [0.15, 0.2) is 30.3 Å². The Balaban J connectivity index is 1.57. The van der Waals surface area contributed by atoms with Crippen LogP contribution in [0.2, 0.25) is 5.15 Å². The van der Waals surface area contributed by atoms with Gasteiger partial charge in [0.25, 0.3) is 0 Å². The van der Waals surface area contributed by atoms with Crippen molar-refractivity contribution in [2.75, 3.05) is 41.6 Å². The molecule has 1 amide bonds. The lowest BCUT2D eigenvalue weighted by Crippen LogP contribution is -2.49. The van der Waals surface area contributed by atoms with Gasteiger partial charge in [-0.3, -0.25) is 9.52 Å². The standard InChI is InChI=1S/C18H21ClFN5O3S/c1-2-29(27,28)23-15-4-3-13(11-14(15)20)12-18(26)25-9-7-24(8-10-25)17-6-5-16(19)21-22-17/h3-6,11,23H,2,7-10,12H2,1H3. The van der Waals surface area contributed by atoms with Crippen LogP contribution in [0.3, 0.4) is 0 Å². The van der Waals surface area contributed by atoms with Gasteiger partial charge in [0.15, 0.2) is 11.0 Å². The summed E-state index contributed by atoms with van der Waals surface area (Å²) < 4.78 is 39.5. The summed E-state index contributed by atoms with van der Waals surface area (Å²) in [5.74, 6) is -0.277. The molecule has 1 aromatic heterocycles. The monoisotopic (exact) mass is 441 g/mol. The summed E-state index contributed by atoms with van der Waals surface area (Å²) in [7, 11) is -3.57. The minimum Gasteiger partial charge on any atom is -0.352 e. The summed E-state index contributed by atoms with van der Waals surface area (Å²) in [6, 6.07) is 7.52. The van der Waals surface area contributed by atoms with Crippen LogP contribution < -0.4 is 9.62 Å².